The van der Waals surface area contributed by atoms with E-state index in [1.807, 2.05) is 36.0 Å². The fraction of sp³-hybridized carbons (Fsp3) is 0.292. The van der Waals surface area contributed by atoms with Gasteiger partial charge in [-0.1, -0.05) is 6.07 Å². The number of aliphatic hydroxyl groups excluding tert-OH is 1. The molecule has 5 rings (SSSR count). The zero-order chi connectivity index (χ0) is 22.9. The van der Waals surface area contributed by atoms with Crippen molar-refractivity contribution in [2.75, 3.05) is 19.6 Å². The minimum Gasteiger partial charge on any atom is -0.390 e. The van der Waals surface area contributed by atoms with Gasteiger partial charge in [0.1, 0.15) is 17.2 Å². The minimum atomic E-state index is -0.717. The van der Waals surface area contributed by atoms with Crippen LogP contribution in [0.15, 0.2) is 55.1 Å². The maximum absolute atomic E-state index is 13.4. The number of hydrogen-bond acceptors (Lipinski definition) is 5. The van der Waals surface area contributed by atoms with Crippen molar-refractivity contribution in [2.24, 2.45) is 7.05 Å². The van der Waals surface area contributed by atoms with Crippen molar-refractivity contribution in [3.05, 3.63) is 77.8 Å². The molecule has 9 heteroatoms. The van der Waals surface area contributed by atoms with Gasteiger partial charge in [0.15, 0.2) is 0 Å². The molecule has 1 unspecified atom stereocenters. The molecule has 33 heavy (non-hydrogen) atoms. The van der Waals surface area contributed by atoms with E-state index in [9.17, 15) is 14.3 Å². The van der Waals surface area contributed by atoms with E-state index in [0.717, 1.165) is 35.2 Å². The lowest BCUT2D eigenvalue weighted by atomic mass is 9.99. The molecule has 1 amide bonds. The molecule has 170 valence electrons. The van der Waals surface area contributed by atoms with Gasteiger partial charge in [-0.15, -0.1) is 0 Å². The van der Waals surface area contributed by atoms with Crippen molar-refractivity contribution in [1.29, 1.82) is 0 Å². The summed E-state index contributed by atoms with van der Waals surface area (Å²) >= 11 is 0. The van der Waals surface area contributed by atoms with Crippen LogP contribution in [0.4, 0.5) is 4.39 Å². The number of hydrogen-bond donors (Lipinski definition) is 2. The number of benzene rings is 1. The summed E-state index contributed by atoms with van der Waals surface area (Å²) in [6, 6.07) is 8.64. The molecule has 1 aliphatic rings. The van der Waals surface area contributed by atoms with Gasteiger partial charge in [-0.3, -0.25) is 14.4 Å². The van der Waals surface area contributed by atoms with Crippen LogP contribution in [-0.4, -0.2) is 60.8 Å². The molecule has 0 aliphatic carbocycles. The summed E-state index contributed by atoms with van der Waals surface area (Å²) in [5.74, 6) is -0.551. The fourth-order valence-corrected chi connectivity index (χ4v) is 4.24. The zero-order valence-electron chi connectivity index (χ0n) is 18.3. The van der Waals surface area contributed by atoms with Crippen molar-refractivity contribution in [1.82, 2.24) is 29.4 Å². The Hall–Kier alpha value is -3.56. The van der Waals surface area contributed by atoms with Gasteiger partial charge in [-0.25, -0.2) is 9.37 Å². The van der Waals surface area contributed by atoms with Crippen molar-refractivity contribution in [2.45, 2.75) is 19.1 Å². The number of imidazole rings is 1. The van der Waals surface area contributed by atoms with Gasteiger partial charge >= 0.3 is 0 Å². The number of β-amino-alcohol motifs (C(OH)–C–C–N with tert-alkyl or cyclic N) is 1. The van der Waals surface area contributed by atoms with Crippen LogP contribution in [0.25, 0.3) is 16.8 Å². The van der Waals surface area contributed by atoms with E-state index in [4.69, 9.17) is 0 Å². The third-order valence-electron chi connectivity index (χ3n) is 5.95. The molecule has 4 aromatic rings. The summed E-state index contributed by atoms with van der Waals surface area (Å²) in [5, 5.41) is 17.4. The predicted molar refractivity (Wildman–Crippen MR) is 121 cm³/mol. The Kier molecular flexibility index (Phi) is 5.65. The molecule has 4 heterocycles. The maximum atomic E-state index is 13.4. The predicted octanol–water partition coefficient (Wildman–Crippen LogP) is 2.02. The van der Waals surface area contributed by atoms with E-state index in [0.29, 0.717) is 24.4 Å². The van der Waals surface area contributed by atoms with E-state index < -0.39 is 6.10 Å². The van der Waals surface area contributed by atoms with Gasteiger partial charge in [0.05, 0.1) is 12.3 Å². The highest BCUT2D eigenvalue weighted by Gasteiger charge is 2.20. The molecule has 1 aromatic carbocycles. The highest BCUT2D eigenvalue weighted by molar-refractivity contribution is 5.92. The smallest absolute Gasteiger partial charge is 0.271 e. The Bertz CT molecular complexity index is 1310. The van der Waals surface area contributed by atoms with E-state index in [2.05, 4.69) is 20.3 Å². The van der Waals surface area contributed by atoms with Gasteiger partial charge in [-0.05, 0) is 41.8 Å². The van der Waals surface area contributed by atoms with Crippen molar-refractivity contribution >= 4 is 11.6 Å². The van der Waals surface area contributed by atoms with Gasteiger partial charge < -0.3 is 14.8 Å². The average molecular weight is 449 g/mol. The number of aliphatic hydroxyl groups is 1. The van der Waals surface area contributed by atoms with Crippen molar-refractivity contribution in [3.8, 4) is 11.1 Å². The van der Waals surface area contributed by atoms with Crippen molar-refractivity contribution in [3.63, 3.8) is 0 Å². The van der Waals surface area contributed by atoms with Crippen LogP contribution in [0, 0.1) is 5.82 Å². The van der Waals surface area contributed by atoms with Gasteiger partial charge in [0.25, 0.3) is 5.91 Å². The second-order valence-electron chi connectivity index (χ2n) is 8.47. The molecule has 0 radical (unpaired) electrons. The van der Waals surface area contributed by atoms with Crippen LogP contribution in [0.2, 0.25) is 0 Å². The van der Waals surface area contributed by atoms with E-state index in [1.165, 1.54) is 6.07 Å². The molecule has 0 saturated carbocycles. The number of aromatic nitrogens is 4. The van der Waals surface area contributed by atoms with Gasteiger partial charge in [0.2, 0.25) is 0 Å². The molecule has 0 saturated heterocycles. The molecule has 3 aromatic heterocycles. The number of halogens is 1. The van der Waals surface area contributed by atoms with Crippen molar-refractivity contribution < 1.29 is 14.3 Å². The van der Waals surface area contributed by atoms with Crippen LogP contribution in [0.1, 0.15) is 21.6 Å². The van der Waals surface area contributed by atoms with Crippen LogP contribution < -0.4 is 5.32 Å². The standard InChI is InChI=1S/C24H25FN6O2/c1-29-11-19(9-27-29)18-3-5-23-28-22(15-31(23)13-18)24(33)26-10-21(32)14-30-7-6-16-8-20(25)4-2-17(16)12-30/h2-5,8-9,11,13,15,21,32H,6-7,10,12,14H2,1H3,(H,26,33). The normalized spacial score (nSPS) is 14.9. The summed E-state index contributed by atoms with van der Waals surface area (Å²) in [5.41, 5.74) is 5.01. The highest BCUT2D eigenvalue weighted by Crippen LogP contribution is 2.21. The SMILES string of the molecule is Cn1cc(-c2ccc3nc(C(=O)NCC(O)CN4CCc5cc(F)ccc5C4)cn3c2)cn1. The molecular weight excluding hydrogens is 423 g/mol. The van der Waals surface area contributed by atoms with Crippen LogP contribution in [-0.2, 0) is 20.0 Å². The number of carbonyl (C=O) groups excluding carboxylic acids is 1. The summed E-state index contributed by atoms with van der Waals surface area (Å²) in [4.78, 5) is 19.1. The first-order valence-electron chi connectivity index (χ1n) is 10.9. The lowest BCUT2D eigenvalue weighted by Crippen LogP contribution is -2.42. The molecule has 1 aliphatic heterocycles. The molecule has 0 fully saturated rings. The first kappa shape index (κ1) is 21.3. The first-order chi connectivity index (χ1) is 15.9. The van der Waals surface area contributed by atoms with E-state index in [1.54, 1.807) is 29.2 Å². The zero-order valence-corrected chi connectivity index (χ0v) is 18.3. The number of pyridine rings is 1. The van der Waals surface area contributed by atoms with Crippen LogP contribution in [0.3, 0.4) is 0 Å². The molecular formula is C24H25FN6O2. The van der Waals surface area contributed by atoms with E-state index >= 15 is 0 Å². The summed E-state index contributed by atoms with van der Waals surface area (Å²) in [6.07, 6.45) is 7.32. The highest BCUT2D eigenvalue weighted by atomic mass is 19.1. The third kappa shape index (κ3) is 4.64. The average Bonchev–Trinajstić information content (AvgIpc) is 3.43. The monoisotopic (exact) mass is 448 g/mol. The largest absolute Gasteiger partial charge is 0.390 e. The number of nitrogens with one attached hydrogen (secondary N) is 1. The lowest BCUT2D eigenvalue weighted by Gasteiger charge is -2.30. The fourth-order valence-electron chi connectivity index (χ4n) is 4.24. The van der Waals surface area contributed by atoms with Gasteiger partial charge in [0, 0.05) is 62.9 Å². The Balaban J connectivity index is 1.18. The van der Waals surface area contributed by atoms with Crippen LogP contribution >= 0.6 is 0 Å². The Morgan fingerprint density at radius 2 is 2.06 bits per heavy atom. The Morgan fingerprint density at radius 3 is 2.88 bits per heavy atom. The Labute approximate surface area is 190 Å². The number of amides is 1. The second kappa shape index (κ2) is 8.76. The molecule has 8 nitrogen and oxygen atoms in total. The molecule has 2 N–H and O–H groups in total. The number of nitrogens with zero attached hydrogens (tertiary/aromatic N) is 5. The third-order valence-corrected chi connectivity index (χ3v) is 5.95. The molecule has 0 bridgehead atoms. The number of carbonyl (C=O) groups is 1. The molecule has 0 spiro atoms. The number of aryl methyl sites for hydroxylation is 1. The van der Waals surface area contributed by atoms with Crippen LogP contribution in [0.5, 0.6) is 0 Å². The first-order valence-corrected chi connectivity index (χ1v) is 10.9. The quantitative estimate of drug-likeness (QED) is 0.471. The second-order valence-corrected chi connectivity index (χ2v) is 8.47. The summed E-state index contributed by atoms with van der Waals surface area (Å²) < 4.78 is 16.9. The number of fused-ring (bicyclic) bond motifs is 2. The topological polar surface area (TPSA) is 87.7 Å². The summed E-state index contributed by atoms with van der Waals surface area (Å²) in [6.45, 7) is 1.95. The lowest BCUT2D eigenvalue weighted by molar-refractivity contribution is 0.0838. The number of rotatable bonds is 6. The molecule has 1 atom stereocenters. The maximum Gasteiger partial charge on any atom is 0.271 e. The van der Waals surface area contributed by atoms with E-state index in [-0.39, 0.29) is 18.3 Å². The summed E-state index contributed by atoms with van der Waals surface area (Å²) in [7, 11) is 1.86. The Morgan fingerprint density at radius 1 is 1.18 bits per heavy atom. The van der Waals surface area contributed by atoms with Gasteiger partial charge in [-0.2, -0.15) is 5.10 Å². The minimum absolute atomic E-state index is 0.125.